The maximum Gasteiger partial charge on any atom is 0.250 e. The molecule has 2 rings (SSSR count). The summed E-state index contributed by atoms with van der Waals surface area (Å²) in [5, 5.41) is 7.28. The number of unbranched alkanes of at least 4 members (excludes halogenated alkanes) is 1. The Morgan fingerprint density at radius 1 is 1.12 bits per heavy atom. The van der Waals surface area contributed by atoms with Crippen LogP contribution in [-0.2, 0) is 13.1 Å². The number of hydrogen-bond donors (Lipinski definition) is 2. The predicted octanol–water partition coefficient (Wildman–Crippen LogP) is 3.27. The van der Waals surface area contributed by atoms with Crippen LogP contribution in [0.1, 0.15) is 18.4 Å². The number of pyridine rings is 1. The van der Waals surface area contributed by atoms with Gasteiger partial charge >= 0.3 is 0 Å². The minimum absolute atomic E-state index is 0. The number of hydrogen-bond acceptors (Lipinski definition) is 2. The highest BCUT2D eigenvalue weighted by atomic mass is 127. The number of nitrogens with zero attached hydrogens (tertiary/aromatic N) is 2. The molecule has 5 nitrogen and oxygen atoms in total. The van der Waals surface area contributed by atoms with Crippen LogP contribution in [0.5, 0.6) is 0 Å². The molecule has 0 atom stereocenters. The summed E-state index contributed by atoms with van der Waals surface area (Å²) in [6.07, 6.45) is 3.72. The third-order valence-electron chi connectivity index (χ3n) is 3.61. The third-order valence-corrected chi connectivity index (χ3v) is 3.87. The third kappa shape index (κ3) is 7.92. The van der Waals surface area contributed by atoms with Crippen molar-refractivity contribution < 1.29 is 0 Å². The van der Waals surface area contributed by atoms with E-state index in [-0.39, 0.29) is 29.5 Å². The average Bonchev–Trinajstić information content (AvgIpc) is 2.60. The second-order valence-electron chi connectivity index (χ2n) is 5.42. The summed E-state index contributed by atoms with van der Waals surface area (Å²) in [6, 6.07) is 12.9. The molecule has 0 unspecified atom stereocenters. The number of halogens is 2. The zero-order valence-electron chi connectivity index (χ0n) is 14.2. The van der Waals surface area contributed by atoms with Gasteiger partial charge in [0, 0.05) is 44.0 Å². The van der Waals surface area contributed by atoms with Gasteiger partial charge in [0.25, 0.3) is 0 Å². The standard InChI is InChI=1S/C18H23ClN4O.HI/c1-20-18(22-14-15-7-9-16(19)10-8-15)21-11-3-5-13-23-12-4-2-6-17(23)24;/h2,4,6-10,12H,3,5,11,13-14H2,1H3,(H2,20,21,22);1H. The maximum absolute atomic E-state index is 11.6. The summed E-state index contributed by atoms with van der Waals surface area (Å²) in [5.41, 5.74) is 1.19. The number of aromatic nitrogens is 1. The molecule has 0 saturated heterocycles. The largest absolute Gasteiger partial charge is 0.356 e. The summed E-state index contributed by atoms with van der Waals surface area (Å²) >= 11 is 5.88. The molecule has 1 aromatic heterocycles. The first-order valence-electron chi connectivity index (χ1n) is 8.03. The molecule has 0 radical (unpaired) electrons. The van der Waals surface area contributed by atoms with E-state index in [1.54, 1.807) is 23.7 Å². The Bertz CT molecular complexity index is 716. The Labute approximate surface area is 170 Å². The zero-order valence-corrected chi connectivity index (χ0v) is 17.3. The van der Waals surface area contributed by atoms with Crippen LogP contribution in [0.2, 0.25) is 5.02 Å². The summed E-state index contributed by atoms with van der Waals surface area (Å²) in [4.78, 5) is 15.8. The van der Waals surface area contributed by atoms with Crippen molar-refractivity contribution >= 4 is 41.5 Å². The Morgan fingerprint density at radius 2 is 1.88 bits per heavy atom. The van der Waals surface area contributed by atoms with Gasteiger partial charge in [0.2, 0.25) is 5.56 Å². The second-order valence-corrected chi connectivity index (χ2v) is 5.85. The zero-order chi connectivity index (χ0) is 17.2. The van der Waals surface area contributed by atoms with Crippen LogP contribution in [-0.4, -0.2) is 24.1 Å². The van der Waals surface area contributed by atoms with E-state index in [1.807, 2.05) is 36.5 Å². The second kappa shape index (κ2) is 11.9. The first-order chi connectivity index (χ1) is 11.7. The van der Waals surface area contributed by atoms with Crippen LogP contribution >= 0.6 is 35.6 Å². The summed E-state index contributed by atoms with van der Waals surface area (Å²) in [5.74, 6) is 0.766. The van der Waals surface area contributed by atoms with Crippen molar-refractivity contribution in [3.8, 4) is 0 Å². The Kier molecular flexibility index (Phi) is 10.3. The quantitative estimate of drug-likeness (QED) is 0.280. The molecule has 0 fully saturated rings. The minimum atomic E-state index is 0. The molecule has 2 aromatic rings. The molecule has 0 amide bonds. The normalized spacial score (nSPS) is 10.9. The van der Waals surface area contributed by atoms with Gasteiger partial charge in [-0.1, -0.05) is 29.8 Å². The Morgan fingerprint density at radius 3 is 2.56 bits per heavy atom. The van der Waals surface area contributed by atoms with Crippen molar-refractivity contribution in [1.82, 2.24) is 15.2 Å². The molecule has 0 saturated carbocycles. The van der Waals surface area contributed by atoms with Gasteiger partial charge in [0.15, 0.2) is 5.96 Å². The molecule has 0 aliphatic carbocycles. The van der Waals surface area contributed by atoms with Gasteiger partial charge in [-0.05, 0) is 36.6 Å². The number of aliphatic imine (C=N–C) groups is 1. The number of nitrogens with one attached hydrogen (secondary N) is 2. The molecule has 0 bridgehead atoms. The smallest absolute Gasteiger partial charge is 0.250 e. The van der Waals surface area contributed by atoms with Crippen LogP contribution in [0.3, 0.4) is 0 Å². The van der Waals surface area contributed by atoms with Crippen molar-refractivity contribution in [3.05, 3.63) is 69.6 Å². The molecule has 25 heavy (non-hydrogen) atoms. The monoisotopic (exact) mass is 474 g/mol. The van der Waals surface area contributed by atoms with Crippen LogP contribution in [0.15, 0.2) is 58.4 Å². The molecule has 0 aliphatic rings. The van der Waals surface area contributed by atoms with Gasteiger partial charge in [-0.25, -0.2) is 0 Å². The Balaban J connectivity index is 0.00000312. The number of benzene rings is 1. The first kappa shape index (κ1) is 21.5. The van der Waals surface area contributed by atoms with Crippen LogP contribution < -0.4 is 16.2 Å². The lowest BCUT2D eigenvalue weighted by molar-refractivity contribution is 0.585. The van der Waals surface area contributed by atoms with Gasteiger partial charge in [0.1, 0.15) is 0 Å². The fourth-order valence-electron chi connectivity index (χ4n) is 2.27. The number of guanidine groups is 1. The molecule has 7 heteroatoms. The average molecular weight is 475 g/mol. The fraction of sp³-hybridized carbons (Fsp3) is 0.333. The van der Waals surface area contributed by atoms with Gasteiger partial charge in [0.05, 0.1) is 0 Å². The Hall–Kier alpha value is -1.54. The molecule has 1 heterocycles. The van der Waals surface area contributed by atoms with Crippen LogP contribution in [0, 0.1) is 0 Å². The van der Waals surface area contributed by atoms with Crippen molar-refractivity contribution in [2.75, 3.05) is 13.6 Å². The molecule has 0 spiro atoms. The molecular formula is C18H24ClIN4O. The van der Waals surface area contributed by atoms with Crippen molar-refractivity contribution in [1.29, 1.82) is 0 Å². The summed E-state index contributed by atoms with van der Waals surface area (Å²) in [7, 11) is 1.75. The lowest BCUT2D eigenvalue weighted by Gasteiger charge is -2.12. The maximum atomic E-state index is 11.6. The van der Waals surface area contributed by atoms with Crippen LogP contribution in [0.25, 0.3) is 0 Å². The predicted molar refractivity (Wildman–Crippen MR) is 115 cm³/mol. The van der Waals surface area contributed by atoms with Gasteiger partial charge in [-0.3, -0.25) is 9.79 Å². The highest BCUT2D eigenvalue weighted by molar-refractivity contribution is 14.0. The molecular weight excluding hydrogens is 451 g/mol. The molecule has 2 N–H and O–H groups in total. The highest BCUT2D eigenvalue weighted by Crippen LogP contribution is 2.08. The van der Waals surface area contributed by atoms with E-state index in [1.165, 1.54) is 0 Å². The van der Waals surface area contributed by atoms with E-state index in [0.717, 1.165) is 42.5 Å². The van der Waals surface area contributed by atoms with E-state index in [0.29, 0.717) is 6.54 Å². The van der Waals surface area contributed by atoms with Gasteiger partial charge in [-0.2, -0.15) is 0 Å². The molecule has 136 valence electrons. The fourth-order valence-corrected chi connectivity index (χ4v) is 2.39. The van der Waals surface area contributed by atoms with Gasteiger partial charge in [-0.15, -0.1) is 24.0 Å². The molecule has 1 aromatic carbocycles. The summed E-state index contributed by atoms with van der Waals surface area (Å²) in [6.45, 7) is 2.23. The van der Waals surface area contributed by atoms with Gasteiger partial charge < -0.3 is 15.2 Å². The number of aryl methyl sites for hydroxylation is 1. The van der Waals surface area contributed by atoms with Crippen molar-refractivity contribution in [2.24, 2.45) is 4.99 Å². The van der Waals surface area contributed by atoms with E-state index < -0.39 is 0 Å². The lowest BCUT2D eigenvalue weighted by atomic mass is 10.2. The van der Waals surface area contributed by atoms with E-state index in [2.05, 4.69) is 15.6 Å². The SMILES string of the molecule is CN=C(NCCCCn1ccccc1=O)NCc1ccc(Cl)cc1.I. The number of rotatable bonds is 7. The summed E-state index contributed by atoms with van der Waals surface area (Å²) < 4.78 is 1.73. The first-order valence-corrected chi connectivity index (χ1v) is 8.41. The van der Waals surface area contributed by atoms with Crippen molar-refractivity contribution in [3.63, 3.8) is 0 Å². The topological polar surface area (TPSA) is 58.4 Å². The van der Waals surface area contributed by atoms with E-state index in [4.69, 9.17) is 11.6 Å². The van der Waals surface area contributed by atoms with E-state index in [9.17, 15) is 4.79 Å². The van der Waals surface area contributed by atoms with Crippen molar-refractivity contribution in [2.45, 2.75) is 25.9 Å². The lowest BCUT2D eigenvalue weighted by Crippen LogP contribution is -2.37. The highest BCUT2D eigenvalue weighted by Gasteiger charge is 1.99. The van der Waals surface area contributed by atoms with Crippen LogP contribution in [0.4, 0.5) is 0 Å². The minimum Gasteiger partial charge on any atom is -0.356 e. The molecule has 0 aliphatic heterocycles. The van der Waals surface area contributed by atoms with E-state index >= 15 is 0 Å².